The van der Waals surface area contributed by atoms with Gasteiger partial charge in [0.05, 0.1) is 21.5 Å². The quantitative estimate of drug-likeness (QED) is 0.584. The van der Waals surface area contributed by atoms with E-state index in [0.29, 0.717) is 15.6 Å². The van der Waals surface area contributed by atoms with Crippen molar-refractivity contribution >= 4 is 52.2 Å². The Bertz CT molecular complexity index is 914. The smallest absolute Gasteiger partial charge is 0.293 e. The van der Waals surface area contributed by atoms with Gasteiger partial charge in [0.25, 0.3) is 11.1 Å². The molecule has 8 heteroatoms. The molecule has 2 N–H and O–H groups in total. The van der Waals surface area contributed by atoms with Gasteiger partial charge < -0.3 is 10.2 Å². The van der Waals surface area contributed by atoms with Crippen molar-refractivity contribution in [1.82, 2.24) is 4.90 Å². The van der Waals surface area contributed by atoms with Crippen molar-refractivity contribution in [2.45, 2.75) is 6.54 Å². The number of benzene rings is 2. The largest absolute Gasteiger partial charge is 0.504 e. The Morgan fingerprint density at radius 3 is 2.56 bits per heavy atom. The first-order valence-electron chi connectivity index (χ1n) is 7.07. The first-order valence-corrected chi connectivity index (χ1v) is 8.64. The van der Waals surface area contributed by atoms with Crippen LogP contribution in [0.15, 0.2) is 41.3 Å². The SMILES string of the molecule is O=C1SC(=Cc2cccc(O)c2O)C(=O)N1Cc1ccc(Cl)c(Cl)c1. The number of halogens is 2. The lowest BCUT2D eigenvalue weighted by Gasteiger charge is -2.13. The number of carbonyl (C=O) groups excluding carboxylic acids is 2. The summed E-state index contributed by atoms with van der Waals surface area (Å²) >= 11 is 12.6. The number of nitrogens with zero attached hydrogens (tertiary/aromatic N) is 1. The molecule has 1 aliphatic rings. The summed E-state index contributed by atoms with van der Waals surface area (Å²) < 4.78 is 0. The van der Waals surface area contributed by atoms with Crippen molar-refractivity contribution in [2.75, 3.05) is 0 Å². The minimum atomic E-state index is -0.483. The van der Waals surface area contributed by atoms with Crippen molar-refractivity contribution in [2.24, 2.45) is 0 Å². The Kier molecular flexibility index (Phi) is 4.94. The molecule has 0 bridgehead atoms. The van der Waals surface area contributed by atoms with Crippen molar-refractivity contribution in [1.29, 1.82) is 0 Å². The third-order valence-corrected chi connectivity index (χ3v) is 5.18. The van der Waals surface area contributed by atoms with Gasteiger partial charge in [0, 0.05) is 5.56 Å². The van der Waals surface area contributed by atoms with E-state index in [1.54, 1.807) is 18.2 Å². The maximum absolute atomic E-state index is 12.5. The van der Waals surface area contributed by atoms with Gasteiger partial charge in [0.2, 0.25) is 0 Å². The van der Waals surface area contributed by atoms with Gasteiger partial charge in [-0.05, 0) is 41.6 Å². The lowest BCUT2D eigenvalue weighted by atomic mass is 10.1. The lowest BCUT2D eigenvalue weighted by molar-refractivity contribution is -0.123. The first-order chi connectivity index (χ1) is 11.9. The molecule has 0 atom stereocenters. The molecule has 1 aliphatic heterocycles. The van der Waals surface area contributed by atoms with Crippen LogP contribution < -0.4 is 0 Å². The van der Waals surface area contributed by atoms with Crippen LogP contribution in [-0.4, -0.2) is 26.3 Å². The highest BCUT2D eigenvalue weighted by atomic mass is 35.5. The predicted octanol–water partition coefficient (Wildman–Crippen LogP) is 4.64. The molecule has 0 aliphatic carbocycles. The zero-order valence-electron chi connectivity index (χ0n) is 12.6. The highest BCUT2D eigenvalue weighted by Crippen LogP contribution is 2.37. The molecule has 128 valence electrons. The third-order valence-electron chi connectivity index (χ3n) is 3.53. The minimum Gasteiger partial charge on any atom is -0.504 e. The van der Waals surface area contributed by atoms with Gasteiger partial charge in [-0.25, -0.2) is 0 Å². The van der Waals surface area contributed by atoms with Gasteiger partial charge in [-0.2, -0.15) is 0 Å². The molecule has 2 amide bonds. The molecule has 5 nitrogen and oxygen atoms in total. The van der Waals surface area contributed by atoms with Crippen molar-refractivity contribution < 1.29 is 19.8 Å². The summed E-state index contributed by atoms with van der Waals surface area (Å²) in [7, 11) is 0. The maximum atomic E-state index is 12.5. The number of hydrogen-bond donors (Lipinski definition) is 2. The fraction of sp³-hybridized carbons (Fsp3) is 0.0588. The average Bonchev–Trinajstić information content (AvgIpc) is 2.83. The summed E-state index contributed by atoms with van der Waals surface area (Å²) in [5, 5.41) is 19.6. The molecule has 0 unspecified atom stereocenters. The van der Waals surface area contributed by atoms with E-state index >= 15 is 0 Å². The number of hydrogen-bond acceptors (Lipinski definition) is 5. The molecule has 0 aromatic heterocycles. The van der Waals surface area contributed by atoms with E-state index in [1.165, 1.54) is 24.3 Å². The zero-order valence-corrected chi connectivity index (χ0v) is 14.9. The van der Waals surface area contributed by atoms with E-state index in [-0.39, 0.29) is 28.5 Å². The molecular weight excluding hydrogens is 385 g/mol. The van der Waals surface area contributed by atoms with Crippen LogP contribution >= 0.6 is 35.0 Å². The Hall–Kier alpha value is -2.15. The Morgan fingerprint density at radius 2 is 1.84 bits per heavy atom. The highest BCUT2D eigenvalue weighted by molar-refractivity contribution is 8.18. The van der Waals surface area contributed by atoms with E-state index in [4.69, 9.17) is 23.2 Å². The van der Waals surface area contributed by atoms with E-state index < -0.39 is 11.1 Å². The number of phenols is 2. The number of phenolic OH excluding ortho intramolecular Hbond substituents is 2. The first kappa shape index (κ1) is 17.7. The Balaban J connectivity index is 1.86. The summed E-state index contributed by atoms with van der Waals surface area (Å²) in [6.45, 7) is 0.0604. The fourth-order valence-electron chi connectivity index (χ4n) is 2.26. The summed E-state index contributed by atoms with van der Waals surface area (Å²) in [4.78, 5) is 25.9. The van der Waals surface area contributed by atoms with Gasteiger partial charge in [-0.15, -0.1) is 0 Å². The number of thioether (sulfide) groups is 1. The van der Waals surface area contributed by atoms with Crippen LogP contribution in [0.4, 0.5) is 4.79 Å². The third kappa shape index (κ3) is 3.61. The van der Waals surface area contributed by atoms with Crippen LogP contribution in [-0.2, 0) is 11.3 Å². The summed E-state index contributed by atoms with van der Waals surface area (Å²) in [6, 6.07) is 9.25. The molecule has 0 spiro atoms. The van der Waals surface area contributed by atoms with Crippen molar-refractivity contribution in [3.05, 3.63) is 62.5 Å². The molecule has 0 saturated carbocycles. The van der Waals surface area contributed by atoms with Crippen LogP contribution in [0.5, 0.6) is 11.5 Å². The Labute approximate surface area is 157 Å². The minimum absolute atomic E-state index is 0.0604. The van der Waals surface area contributed by atoms with E-state index in [2.05, 4.69) is 0 Å². The van der Waals surface area contributed by atoms with Gasteiger partial charge in [-0.3, -0.25) is 14.5 Å². The second-order valence-corrected chi connectivity index (χ2v) is 7.04. The predicted molar refractivity (Wildman–Crippen MR) is 97.7 cm³/mol. The monoisotopic (exact) mass is 395 g/mol. The van der Waals surface area contributed by atoms with Gasteiger partial charge >= 0.3 is 0 Å². The average molecular weight is 396 g/mol. The van der Waals surface area contributed by atoms with Crippen LogP contribution in [0.1, 0.15) is 11.1 Å². The van der Waals surface area contributed by atoms with Gasteiger partial charge in [0.15, 0.2) is 11.5 Å². The zero-order chi connectivity index (χ0) is 18.1. The second kappa shape index (κ2) is 7.00. The van der Waals surface area contributed by atoms with Crippen molar-refractivity contribution in [3.8, 4) is 11.5 Å². The lowest BCUT2D eigenvalue weighted by Crippen LogP contribution is -2.27. The standard InChI is InChI=1S/C17H11Cl2NO4S/c18-11-5-4-9(6-12(11)19)8-20-16(23)14(25-17(20)24)7-10-2-1-3-13(21)15(10)22/h1-7,21-22H,8H2. The molecule has 3 rings (SSSR count). The number of carbonyl (C=O) groups is 2. The molecule has 25 heavy (non-hydrogen) atoms. The fourth-order valence-corrected chi connectivity index (χ4v) is 3.41. The molecule has 1 fully saturated rings. The number of imide groups is 1. The van der Waals surface area contributed by atoms with Crippen LogP contribution in [0.3, 0.4) is 0 Å². The topological polar surface area (TPSA) is 77.8 Å². The summed E-state index contributed by atoms with van der Waals surface area (Å²) in [5.74, 6) is -1.13. The summed E-state index contributed by atoms with van der Waals surface area (Å²) in [5.41, 5.74) is 0.915. The van der Waals surface area contributed by atoms with Crippen molar-refractivity contribution in [3.63, 3.8) is 0 Å². The number of para-hydroxylation sites is 1. The number of amides is 2. The number of aromatic hydroxyl groups is 2. The van der Waals surface area contributed by atoms with E-state index in [1.807, 2.05) is 0 Å². The molecule has 2 aromatic carbocycles. The molecule has 2 aromatic rings. The Morgan fingerprint density at radius 1 is 1.08 bits per heavy atom. The highest BCUT2D eigenvalue weighted by Gasteiger charge is 2.35. The van der Waals surface area contributed by atoms with Crippen LogP contribution in [0.2, 0.25) is 10.0 Å². The van der Waals surface area contributed by atoms with Crippen LogP contribution in [0.25, 0.3) is 6.08 Å². The molecule has 1 saturated heterocycles. The van der Waals surface area contributed by atoms with Gasteiger partial charge in [-0.1, -0.05) is 41.4 Å². The molecule has 0 radical (unpaired) electrons. The normalized spacial score (nSPS) is 16.1. The van der Waals surface area contributed by atoms with E-state index in [0.717, 1.165) is 16.7 Å². The van der Waals surface area contributed by atoms with Gasteiger partial charge in [0.1, 0.15) is 0 Å². The molecule has 1 heterocycles. The van der Waals surface area contributed by atoms with E-state index in [9.17, 15) is 19.8 Å². The molecular formula is C17H11Cl2NO4S. The summed E-state index contributed by atoms with van der Waals surface area (Å²) in [6.07, 6.45) is 1.37. The maximum Gasteiger partial charge on any atom is 0.293 e. The second-order valence-electron chi connectivity index (χ2n) is 5.23. The van der Waals surface area contributed by atoms with Crippen LogP contribution in [0, 0.1) is 0 Å². The number of rotatable bonds is 3.